The van der Waals surface area contributed by atoms with Gasteiger partial charge in [0.15, 0.2) is 0 Å². The summed E-state index contributed by atoms with van der Waals surface area (Å²) >= 11 is 0. The van der Waals surface area contributed by atoms with Gasteiger partial charge in [-0.25, -0.2) is 0 Å². The molecule has 0 unspecified atom stereocenters. The van der Waals surface area contributed by atoms with E-state index in [9.17, 15) is 0 Å². The molecule has 0 aromatic carbocycles. The number of nitrogens with zero attached hydrogens (tertiary/aromatic N) is 2. The molecule has 27 heavy (non-hydrogen) atoms. The first kappa shape index (κ1) is 19.0. The maximum absolute atomic E-state index is 5.12. The molecule has 150 valence electrons. The van der Waals surface area contributed by atoms with Gasteiger partial charge in [-0.05, 0) is 93.0 Å². The lowest BCUT2D eigenvalue weighted by Gasteiger charge is -2.58. The lowest BCUT2D eigenvalue weighted by atomic mass is 9.46. The fraction of sp³-hybridized carbons (Fsp3) is 0.826. The highest BCUT2D eigenvalue weighted by Gasteiger charge is 2.59. The van der Waals surface area contributed by atoms with Crippen molar-refractivity contribution < 1.29 is 9.68 Å². The highest BCUT2D eigenvalue weighted by atomic mass is 16.6. The van der Waals surface area contributed by atoms with E-state index in [-0.39, 0.29) is 0 Å². The Bertz CT molecular complexity index is 682. The molecule has 0 aromatic heterocycles. The van der Waals surface area contributed by atoms with Gasteiger partial charge in [0.2, 0.25) is 0 Å². The zero-order valence-electron chi connectivity index (χ0n) is 17.8. The van der Waals surface area contributed by atoms with Crippen molar-refractivity contribution in [2.45, 2.75) is 72.1 Å². The Labute approximate surface area is 164 Å². The van der Waals surface area contributed by atoms with Crippen LogP contribution in [0, 0.1) is 34.5 Å². The fourth-order valence-electron chi connectivity index (χ4n) is 7.65. The van der Waals surface area contributed by atoms with Crippen molar-refractivity contribution in [3.05, 3.63) is 11.6 Å². The monoisotopic (exact) mass is 372 g/mol. The molecule has 0 spiro atoms. The van der Waals surface area contributed by atoms with Gasteiger partial charge in [-0.3, -0.25) is 0 Å². The molecule has 0 amide bonds. The summed E-state index contributed by atoms with van der Waals surface area (Å²) in [6, 6.07) is 0. The second-order valence-corrected chi connectivity index (χ2v) is 9.86. The normalized spacial score (nSPS) is 45.6. The quantitative estimate of drug-likeness (QED) is 0.479. The zero-order valence-corrected chi connectivity index (χ0v) is 17.8. The van der Waals surface area contributed by atoms with Gasteiger partial charge >= 0.3 is 0 Å². The highest BCUT2D eigenvalue weighted by Crippen LogP contribution is 2.66. The minimum absolute atomic E-state index is 0.366. The van der Waals surface area contributed by atoms with Crippen molar-refractivity contribution in [2.75, 3.05) is 14.2 Å². The summed E-state index contributed by atoms with van der Waals surface area (Å²) in [5.41, 5.74) is 4.76. The van der Waals surface area contributed by atoms with Crippen LogP contribution in [0.25, 0.3) is 0 Å². The van der Waals surface area contributed by atoms with Gasteiger partial charge in [0.05, 0.1) is 11.4 Å². The molecule has 4 aliphatic carbocycles. The van der Waals surface area contributed by atoms with E-state index in [2.05, 4.69) is 37.2 Å². The standard InChI is InChI=1S/C23H36N2O2/c1-15(24-26-4)19-8-9-20-18-7-6-16-14-17(25-27-5)10-12-22(16,2)21(18)11-13-23(19,20)3/h14,18-21H,6-13H2,1-5H3/b24-15+,25-17+/t18-,19+,20-,21-,22-,23+/m0/s1. The van der Waals surface area contributed by atoms with Crippen LogP contribution in [-0.4, -0.2) is 25.6 Å². The molecule has 0 aromatic rings. The van der Waals surface area contributed by atoms with Crippen LogP contribution in [0.15, 0.2) is 22.0 Å². The maximum atomic E-state index is 5.12. The predicted octanol–water partition coefficient (Wildman–Crippen LogP) is 5.59. The van der Waals surface area contributed by atoms with Crippen LogP contribution in [0.4, 0.5) is 0 Å². The summed E-state index contributed by atoms with van der Waals surface area (Å²) < 4.78 is 0. The number of hydrogen-bond donors (Lipinski definition) is 0. The van der Waals surface area contributed by atoms with E-state index in [0.717, 1.165) is 29.9 Å². The van der Waals surface area contributed by atoms with E-state index in [1.807, 2.05) is 0 Å². The third-order valence-electron chi connectivity index (χ3n) is 8.93. The lowest BCUT2D eigenvalue weighted by Crippen LogP contribution is -2.51. The third kappa shape index (κ3) is 2.86. The van der Waals surface area contributed by atoms with Crippen molar-refractivity contribution in [2.24, 2.45) is 44.8 Å². The molecular formula is C23H36N2O2. The van der Waals surface area contributed by atoms with Crippen LogP contribution in [0.2, 0.25) is 0 Å². The fourth-order valence-corrected chi connectivity index (χ4v) is 7.65. The molecule has 0 heterocycles. The third-order valence-corrected chi connectivity index (χ3v) is 8.93. The molecule has 6 atom stereocenters. The lowest BCUT2D eigenvalue weighted by molar-refractivity contribution is -0.0411. The van der Waals surface area contributed by atoms with Gasteiger partial charge in [0.1, 0.15) is 14.2 Å². The summed E-state index contributed by atoms with van der Waals surface area (Å²) in [5.74, 6) is 3.14. The summed E-state index contributed by atoms with van der Waals surface area (Å²) in [6.45, 7) is 7.28. The summed E-state index contributed by atoms with van der Waals surface area (Å²) in [6.07, 6.45) is 12.6. The van der Waals surface area contributed by atoms with E-state index in [1.54, 1.807) is 19.8 Å². The van der Waals surface area contributed by atoms with Gasteiger partial charge in [-0.2, -0.15) is 0 Å². The van der Waals surface area contributed by atoms with E-state index in [4.69, 9.17) is 9.68 Å². The Balaban J connectivity index is 1.61. The van der Waals surface area contributed by atoms with Crippen molar-refractivity contribution >= 4 is 11.4 Å². The van der Waals surface area contributed by atoms with Gasteiger partial charge < -0.3 is 9.68 Å². The Hall–Kier alpha value is -1.32. The maximum Gasteiger partial charge on any atom is 0.106 e. The molecule has 4 heteroatoms. The number of allylic oxidation sites excluding steroid dienone is 2. The van der Waals surface area contributed by atoms with Crippen molar-refractivity contribution in [3.63, 3.8) is 0 Å². The number of oxime groups is 2. The topological polar surface area (TPSA) is 43.2 Å². The minimum Gasteiger partial charge on any atom is -0.399 e. The average molecular weight is 373 g/mol. The summed E-state index contributed by atoms with van der Waals surface area (Å²) in [5, 5.41) is 8.57. The minimum atomic E-state index is 0.366. The number of fused-ring (bicyclic) bond motifs is 5. The van der Waals surface area contributed by atoms with Gasteiger partial charge in [0.25, 0.3) is 0 Å². The van der Waals surface area contributed by atoms with Crippen LogP contribution < -0.4 is 0 Å². The molecule has 4 aliphatic rings. The summed E-state index contributed by atoms with van der Waals surface area (Å²) in [4.78, 5) is 10.2. The van der Waals surface area contributed by atoms with E-state index in [1.165, 1.54) is 50.7 Å². The van der Waals surface area contributed by atoms with Crippen LogP contribution in [0.3, 0.4) is 0 Å². The molecule has 0 saturated heterocycles. The predicted molar refractivity (Wildman–Crippen MR) is 110 cm³/mol. The van der Waals surface area contributed by atoms with Crippen LogP contribution in [0.1, 0.15) is 72.1 Å². The second-order valence-electron chi connectivity index (χ2n) is 9.86. The smallest absolute Gasteiger partial charge is 0.106 e. The Morgan fingerprint density at radius 3 is 2.56 bits per heavy atom. The van der Waals surface area contributed by atoms with Crippen molar-refractivity contribution in [3.8, 4) is 0 Å². The second kappa shape index (κ2) is 6.93. The Kier molecular flexibility index (Phi) is 4.88. The first-order valence-corrected chi connectivity index (χ1v) is 10.8. The SMILES string of the molecule is CO/N=C1/C=C2CC[C@H]3[C@@H]4CC[C@H](/C(C)=N/OC)[C@@]4(C)CC[C@@H]3[C@@]2(C)CC1. The zero-order chi connectivity index (χ0) is 19.2. The highest BCUT2D eigenvalue weighted by molar-refractivity contribution is 5.96. The molecule has 3 fully saturated rings. The van der Waals surface area contributed by atoms with Crippen LogP contribution in [-0.2, 0) is 9.68 Å². The van der Waals surface area contributed by atoms with Crippen molar-refractivity contribution in [1.29, 1.82) is 0 Å². The molecule has 4 rings (SSSR count). The Morgan fingerprint density at radius 1 is 1.00 bits per heavy atom. The molecular weight excluding hydrogens is 336 g/mol. The van der Waals surface area contributed by atoms with E-state index < -0.39 is 0 Å². The van der Waals surface area contributed by atoms with Gasteiger partial charge in [0, 0.05) is 5.92 Å². The molecule has 3 saturated carbocycles. The van der Waals surface area contributed by atoms with Crippen LogP contribution in [0.5, 0.6) is 0 Å². The number of rotatable bonds is 3. The first-order chi connectivity index (χ1) is 12.9. The largest absolute Gasteiger partial charge is 0.399 e. The molecule has 0 N–H and O–H groups in total. The Morgan fingerprint density at radius 2 is 1.81 bits per heavy atom. The van der Waals surface area contributed by atoms with E-state index in [0.29, 0.717) is 16.7 Å². The molecule has 0 aliphatic heterocycles. The number of hydrogen-bond acceptors (Lipinski definition) is 4. The molecule has 0 bridgehead atoms. The first-order valence-electron chi connectivity index (χ1n) is 10.8. The van der Waals surface area contributed by atoms with Crippen LogP contribution >= 0.6 is 0 Å². The van der Waals surface area contributed by atoms with Gasteiger partial charge in [-0.15, -0.1) is 0 Å². The average Bonchev–Trinajstić information content (AvgIpc) is 3.00. The molecule has 0 radical (unpaired) electrons. The van der Waals surface area contributed by atoms with Gasteiger partial charge in [-0.1, -0.05) is 29.7 Å². The summed E-state index contributed by atoms with van der Waals surface area (Å²) in [7, 11) is 3.33. The van der Waals surface area contributed by atoms with E-state index >= 15 is 0 Å². The molecule has 4 nitrogen and oxygen atoms in total. The van der Waals surface area contributed by atoms with Crippen molar-refractivity contribution in [1.82, 2.24) is 0 Å².